The predicted molar refractivity (Wildman–Crippen MR) is 77.3 cm³/mol. The molecule has 8 heteroatoms. The van der Waals surface area contributed by atoms with Crippen molar-refractivity contribution in [2.75, 3.05) is 11.9 Å². The largest absolute Gasteiger partial charge is 0.462 e. The van der Waals surface area contributed by atoms with Crippen molar-refractivity contribution in [1.29, 1.82) is 0 Å². The normalized spacial score (nSPS) is 10.4. The van der Waals surface area contributed by atoms with Crippen LogP contribution in [0.5, 0.6) is 0 Å². The van der Waals surface area contributed by atoms with Gasteiger partial charge in [-0.15, -0.1) is 0 Å². The zero-order valence-corrected chi connectivity index (χ0v) is 12.3. The summed E-state index contributed by atoms with van der Waals surface area (Å²) in [5, 5.41) is 2.42. The van der Waals surface area contributed by atoms with E-state index in [0.717, 1.165) is 12.1 Å². The Bertz CT molecular complexity index is 808. The Morgan fingerprint density at radius 3 is 2.38 bits per heavy atom. The van der Waals surface area contributed by atoms with Crippen molar-refractivity contribution in [1.82, 2.24) is 0 Å². The number of aldehydes is 1. The molecule has 0 saturated carbocycles. The van der Waals surface area contributed by atoms with Gasteiger partial charge < -0.3 is 10.1 Å². The first-order valence-corrected chi connectivity index (χ1v) is 6.75. The Balaban J connectivity index is 2.54. The predicted octanol–water partition coefficient (Wildman–Crippen LogP) is 3.98. The van der Waals surface area contributed by atoms with E-state index in [0.29, 0.717) is 12.1 Å². The van der Waals surface area contributed by atoms with Gasteiger partial charge in [-0.3, -0.25) is 4.79 Å². The summed E-state index contributed by atoms with van der Waals surface area (Å²) in [6, 6.07) is 3.03. The Morgan fingerprint density at radius 1 is 1.08 bits per heavy atom. The summed E-state index contributed by atoms with van der Waals surface area (Å²) >= 11 is 0. The summed E-state index contributed by atoms with van der Waals surface area (Å²) in [6.45, 7) is 1.51. The molecular weight excluding hydrogens is 330 g/mol. The van der Waals surface area contributed by atoms with Crippen LogP contribution in [0.25, 0.3) is 0 Å². The maximum atomic E-state index is 13.6. The number of hydrogen-bond donors (Lipinski definition) is 1. The molecule has 2 aromatic carbocycles. The number of benzene rings is 2. The van der Waals surface area contributed by atoms with E-state index < -0.39 is 34.8 Å². The van der Waals surface area contributed by atoms with E-state index in [9.17, 15) is 27.2 Å². The molecule has 0 spiro atoms. The Labute approximate surface area is 134 Å². The monoisotopic (exact) mass is 341 g/mol. The van der Waals surface area contributed by atoms with Crippen LogP contribution in [-0.4, -0.2) is 18.9 Å². The number of nitrogens with one attached hydrogen (secondary N) is 1. The fourth-order valence-electron chi connectivity index (χ4n) is 1.96. The molecule has 0 bridgehead atoms. The number of ether oxygens (including phenoxy) is 1. The average Bonchev–Trinajstić information content (AvgIpc) is 2.54. The summed E-state index contributed by atoms with van der Waals surface area (Å²) < 4.78 is 58.4. The molecule has 0 aromatic heterocycles. The first-order chi connectivity index (χ1) is 11.4. The summed E-state index contributed by atoms with van der Waals surface area (Å²) in [4.78, 5) is 22.8. The minimum atomic E-state index is -1.41. The van der Waals surface area contributed by atoms with Crippen LogP contribution in [0, 0.1) is 23.3 Å². The molecule has 0 saturated heterocycles. The van der Waals surface area contributed by atoms with Crippen molar-refractivity contribution in [3.63, 3.8) is 0 Å². The van der Waals surface area contributed by atoms with Crippen molar-refractivity contribution >= 4 is 23.6 Å². The third-order valence-corrected chi connectivity index (χ3v) is 3.08. The fraction of sp³-hybridized carbons (Fsp3) is 0.125. The van der Waals surface area contributed by atoms with Crippen LogP contribution >= 0.6 is 0 Å². The molecule has 0 aliphatic carbocycles. The maximum absolute atomic E-state index is 13.6. The molecule has 0 aliphatic heterocycles. The van der Waals surface area contributed by atoms with Crippen LogP contribution < -0.4 is 5.32 Å². The van der Waals surface area contributed by atoms with Gasteiger partial charge in [0.2, 0.25) is 0 Å². The summed E-state index contributed by atoms with van der Waals surface area (Å²) in [5.74, 6) is -6.17. The first kappa shape index (κ1) is 17.5. The number of carbonyl (C=O) groups excluding carboxylic acids is 2. The van der Waals surface area contributed by atoms with E-state index in [1.165, 1.54) is 6.92 Å². The molecule has 0 heterocycles. The van der Waals surface area contributed by atoms with Crippen LogP contribution in [0.1, 0.15) is 27.6 Å². The molecule has 4 nitrogen and oxygen atoms in total. The molecule has 1 N–H and O–H groups in total. The summed E-state index contributed by atoms with van der Waals surface area (Å²) in [5.41, 5.74) is -1.51. The van der Waals surface area contributed by atoms with Crippen LogP contribution in [0.3, 0.4) is 0 Å². The minimum absolute atomic E-state index is 0.0119. The topological polar surface area (TPSA) is 55.4 Å². The van der Waals surface area contributed by atoms with Crippen LogP contribution in [0.4, 0.5) is 28.9 Å². The van der Waals surface area contributed by atoms with Gasteiger partial charge in [-0.05, 0) is 25.1 Å². The number of rotatable bonds is 5. The van der Waals surface area contributed by atoms with E-state index in [-0.39, 0.29) is 29.8 Å². The molecule has 0 atom stereocenters. The molecule has 0 unspecified atom stereocenters. The number of esters is 1. The van der Waals surface area contributed by atoms with Crippen molar-refractivity contribution in [2.24, 2.45) is 0 Å². The van der Waals surface area contributed by atoms with E-state index in [1.807, 2.05) is 0 Å². The van der Waals surface area contributed by atoms with Crippen molar-refractivity contribution < 1.29 is 31.9 Å². The lowest BCUT2D eigenvalue weighted by molar-refractivity contribution is 0.0527. The molecule has 0 radical (unpaired) electrons. The molecule has 0 aliphatic rings. The highest BCUT2D eigenvalue weighted by molar-refractivity contribution is 5.97. The zero-order chi connectivity index (χ0) is 17.9. The molecule has 2 aromatic rings. The second-order valence-corrected chi connectivity index (χ2v) is 4.60. The quantitative estimate of drug-likeness (QED) is 0.508. The van der Waals surface area contributed by atoms with Gasteiger partial charge in [0.15, 0.2) is 29.6 Å². The second kappa shape index (κ2) is 7.12. The second-order valence-electron chi connectivity index (χ2n) is 4.60. The smallest absolute Gasteiger partial charge is 0.340 e. The van der Waals surface area contributed by atoms with E-state index in [1.54, 1.807) is 0 Å². The number of anilines is 2. The van der Waals surface area contributed by atoms with Gasteiger partial charge in [0.25, 0.3) is 0 Å². The molecule has 126 valence electrons. The van der Waals surface area contributed by atoms with E-state index in [2.05, 4.69) is 5.32 Å². The summed E-state index contributed by atoms with van der Waals surface area (Å²) in [7, 11) is 0. The van der Waals surface area contributed by atoms with Gasteiger partial charge >= 0.3 is 5.97 Å². The SMILES string of the molecule is CCOC(=O)c1cc(F)c(F)cc1Nc1ccc(F)c(F)c1C=O. The molecule has 24 heavy (non-hydrogen) atoms. The number of carbonyl (C=O) groups is 2. The highest BCUT2D eigenvalue weighted by atomic mass is 19.2. The van der Waals surface area contributed by atoms with Gasteiger partial charge in [-0.2, -0.15) is 0 Å². The zero-order valence-electron chi connectivity index (χ0n) is 12.3. The lowest BCUT2D eigenvalue weighted by Gasteiger charge is -2.14. The maximum Gasteiger partial charge on any atom is 0.340 e. The van der Waals surface area contributed by atoms with Gasteiger partial charge in [0.05, 0.1) is 29.1 Å². The number of halogens is 4. The third-order valence-electron chi connectivity index (χ3n) is 3.08. The fourth-order valence-corrected chi connectivity index (χ4v) is 1.96. The Morgan fingerprint density at radius 2 is 1.75 bits per heavy atom. The standard InChI is InChI=1S/C16H11F4NO3/c1-2-24-16(23)8-5-11(18)12(19)6-14(8)21-13-4-3-10(17)15(20)9(13)7-22/h3-7,21H,2H2,1H3. The van der Waals surface area contributed by atoms with E-state index in [4.69, 9.17) is 4.74 Å². The van der Waals surface area contributed by atoms with Crippen LogP contribution in [0.15, 0.2) is 24.3 Å². The molecule has 0 fully saturated rings. The first-order valence-electron chi connectivity index (χ1n) is 6.75. The number of hydrogen-bond acceptors (Lipinski definition) is 4. The minimum Gasteiger partial charge on any atom is -0.462 e. The Kier molecular flexibility index (Phi) is 5.18. The molecular formula is C16H11F4NO3. The van der Waals surface area contributed by atoms with Gasteiger partial charge in [-0.25, -0.2) is 22.4 Å². The molecule has 2 rings (SSSR count). The van der Waals surface area contributed by atoms with Crippen molar-refractivity contribution in [2.45, 2.75) is 6.92 Å². The van der Waals surface area contributed by atoms with Gasteiger partial charge in [-0.1, -0.05) is 0 Å². The van der Waals surface area contributed by atoms with Crippen LogP contribution in [-0.2, 0) is 4.74 Å². The van der Waals surface area contributed by atoms with Gasteiger partial charge in [0, 0.05) is 6.07 Å². The highest BCUT2D eigenvalue weighted by Crippen LogP contribution is 2.28. The average molecular weight is 341 g/mol. The van der Waals surface area contributed by atoms with Crippen molar-refractivity contribution in [3.05, 3.63) is 58.7 Å². The lowest BCUT2D eigenvalue weighted by atomic mass is 10.1. The van der Waals surface area contributed by atoms with E-state index >= 15 is 0 Å². The highest BCUT2D eigenvalue weighted by Gasteiger charge is 2.20. The lowest BCUT2D eigenvalue weighted by Crippen LogP contribution is -2.10. The Hall–Kier alpha value is -2.90. The van der Waals surface area contributed by atoms with Gasteiger partial charge in [0.1, 0.15) is 0 Å². The van der Waals surface area contributed by atoms with Crippen molar-refractivity contribution in [3.8, 4) is 0 Å². The summed E-state index contributed by atoms with van der Waals surface area (Å²) in [6.07, 6.45) is 0.0602. The molecule has 0 amide bonds. The van der Waals surface area contributed by atoms with Crippen LogP contribution in [0.2, 0.25) is 0 Å². The third kappa shape index (κ3) is 3.37.